The molecule has 0 aromatic heterocycles. The van der Waals surface area contributed by atoms with Gasteiger partial charge < -0.3 is 9.84 Å². The molecule has 0 spiro atoms. The van der Waals surface area contributed by atoms with E-state index in [0.717, 1.165) is 30.4 Å². The van der Waals surface area contributed by atoms with E-state index >= 15 is 0 Å². The molecule has 0 saturated heterocycles. The number of carboxylic acid groups (broad SMARTS) is 1. The van der Waals surface area contributed by atoms with Crippen molar-refractivity contribution in [2.24, 2.45) is 0 Å². The Morgan fingerprint density at radius 1 is 1.07 bits per heavy atom. The Balaban J connectivity index is 1.74. The van der Waals surface area contributed by atoms with Gasteiger partial charge in [0.1, 0.15) is 6.61 Å². The van der Waals surface area contributed by atoms with Crippen LogP contribution in [0.25, 0.3) is 5.57 Å². The zero-order valence-electron chi connectivity index (χ0n) is 15.2. The van der Waals surface area contributed by atoms with Gasteiger partial charge in [-0.15, -0.1) is 0 Å². The summed E-state index contributed by atoms with van der Waals surface area (Å²) in [5.74, 6) is -3.29. The summed E-state index contributed by atoms with van der Waals surface area (Å²) >= 11 is 0. The second kappa shape index (κ2) is 8.33. The normalized spacial score (nSPS) is 13.9. The molecule has 0 atom stereocenters. The van der Waals surface area contributed by atoms with Crippen molar-refractivity contribution in [3.8, 4) is 5.75 Å². The summed E-state index contributed by atoms with van der Waals surface area (Å²) in [4.78, 5) is 10.6. The quantitative estimate of drug-likeness (QED) is 0.717. The number of aliphatic carboxylic acids is 1. The second-order valence-corrected chi connectivity index (χ2v) is 6.83. The lowest BCUT2D eigenvalue weighted by Crippen LogP contribution is -2.06. The van der Waals surface area contributed by atoms with Crippen LogP contribution in [0.4, 0.5) is 8.78 Å². The number of hydrogen-bond acceptors (Lipinski definition) is 2. The van der Waals surface area contributed by atoms with E-state index in [2.05, 4.69) is 24.3 Å². The number of allylic oxidation sites excluding steroid dienone is 1. The van der Waals surface area contributed by atoms with Crippen LogP contribution in [0.5, 0.6) is 5.75 Å². The molecule has 142 valence electrons. The monoisotopic (exact) mass is 372 g/mol. The first-order valence-corrected chi connectivity index (χ1v) is 9.05. The summed E-state index contributed by atoms with van der Waals surface area (Å²) in [5.41, 5.74) is 4.70. The summed E-state index contributed by atoms with van der Waals surface area (Å²) in [7, 11) is 0. The molecule has 0 saturated carbocycles. The van der Waals surface area contributed by atoms with Crippen LogP contribution in [0.1, 0.15) is 42.4 Å². The molecule has 27 heavy (non-hydrogen) atoms. The molecule has 0 radical (unpaired) electrons. The van der Waals surface area contributed by atoms with Crippen molar-refractivity contribution >= 4 is 11.5 Å². The van der Waals surface area contributed by atoms with Gasteiger partial charge in [-0.1, -0.05) is 35.9 Å². The number of carbonyl (C=O) groups is 1. The van der Waals surface area contributed by atoms with Crippen molar-refractivity contribution in [3.05, 3.63) is 70.3 Å². The number of carboxylic acids is 1. The first-order chi connectivity index (χ1) is 13.0. The Kier molecular flexibility index (Phi) is 5.89. The summed E-state index contributed by atoms with van der Waals surface area (Å²) in [6.07, 6.45) is 2.55. The number of hydrogen-bond donors (Lipinski definition) is 1. The molecular formula is C22H22F2O3. The minimum atomic E-state index is -1.06. The first kappa shape index (κ1) is 19.1. The molecule has 0 bridgehead atoms. The van der Waals surface area contributed by atoms with Crippen LogP contribution in [-0.4, -0.2) is 17.7 Å². The van der Waals surface area contributed by atoms with Crippen LogP contribution in [0, 0.1) is 18.6 Å². The van der Waals surface area contributed by atoms with Crippen molar-refractivity contribution in [1.82, 2.24) is 0 Å². The zero-order chi connectivity index (χ0) is 19.4. The molecule has 1 aliphatic carbocycles. The predicted molar refractivity (Wildman–Crippen MR) is 99.8 cm³/mol. The van der Waals surface area contributed by atoms with Gasteiger partial charge in [-0.3, -0.25) is 4.79 Å². The number of ether oxygens (including phenoxy) is 1. The average molecular weight is 372 g/mol. The third-order valence-corrected chi connectivity index (χ3v) is 4.87. The van der Waals surface area contributed by atoms with Gasteiger partial charge in [-0.2, -0.15) is 4.39 Å². The lowest BCUT2D eigenvalue weighted by molar-refractivity contribution is -0.136. The maximum Gasteiger partial charge on any atom is 0.303 e. The van der Waals surface area contributed by atoms with Crippen molar-refractivity contribution in [2.45, 2.75) is 39.0 Å². The van der Waals surface area contributed by atoms with Gasteiger partial charge in [0.05, 0.1) is 0 Å². The van der Waals surface area contributed by atoms with E-state index in [1.807, 2.05) is 6.92 Å². The lowest BCUT2D eigenvalue weighted by atomic mass is 10.0. The SMILES string of the molecule is Cc1ccc(C2=C(COc3ccc(CCC(=O)O)c(F)c3F)CCC2)cc1. The maximum absolute atomic E-state index is 14.3. The van der Waals surface area contributed by atoms with Gasteiger partial charge in [0, 0.05) is 6.42 Å². The number of halogens is 2. The van der Waals surface area contributed by atoms with E-state index < -0.39 is 17.6 Å². The number of rotatable bonds is 7. The minimum absolute atomic E-state index is 0.0441. The van der Waals surface area contributed by atoms with Gasteiger partial charge in [-0.25, -0.2) is 4.39 Å². The molecule has 3 rings (SSSR count). The second-order valence-electron chi connectivity index (χ2n) is 6.83. The van der Waals surface area contributed by atoms with Crippen LogP contribution >= 0.6 is 0 Å². The number of aryl methyl sites for hydroxylation is 2. The highest BCUT2D eigenvalue weighted by molar-refractivity contribution is 5.71. The fraction of sp³-hybridized carbons (Fsp3) is 0.318. The molecule has 1 N–H and O–H groups in total. The summed E-state index contributed by atoms with van der Waals surface area (Å²) in [5, 5.41) is 8.68. The van der Waals surface area contributed by atoms with E-state index in [1.165, 1.54) is 23.3 Å². The van der Waals surface area contributed by atoms with Gasteiger partial charge in [-0.05, 0) is 60.9 Å². The Morgan fingerprint density at radius 2 is 1.81 bits per heavy atom. The Morgan fingerprint density at radius 3 is 2.52 bits per heavy atom. The largest absolute Gasteiger partial charge is 0.486 e. The Labute approximate surface area is 157 Å². The zero-order valence-corrected chi connectivity index (χ0v) is 15.2. The molecule has 2 aromatic carbocycles. The minimum Gasteiger partial charge on any atom is -0.486 e. The van der Waals surface area contributed by atoms with Gasteiger partial charge in [0.25, 0.3) is 0 Å². The highest BCUT2D eigenvalue weighted by atomic mass is 19.2. The Bertz CT molecular complexity index is 870. The number of benzene rings is 2. The van der Waals surface area contributed by atoms with Crippen molar-refractivity contribution in [3.63, 3.8) is 0 Å². The van der Waals surface area contributed by atoms with E-state index in [4.69, 9.17) is 9.84 Å². The van der Waals surface area contributed by atoms with E-state index in [9.17, 15) is 13.6 Å². The van der Waals surface area contributed by atoms with Gasteiger partial charge in [0.15, 0.2) is 11.6 Å². The molecule has 1 aliphatic rings. The molecule has 0 unspecified atom stereocenters. The van der Waals surface area contributed by atoms with Crippen molar-refractivity contribution < 1.29 is 23.4 Å². The highest BCUT2D eigenvalue weighted by Crippen LogP contribution is 2.34. The van der Waals surface area contributed by atoms with Crippen LogP contribution in [0.3, 0.4) is 0 Å². The van der Waals surface area contributed by atoms with Crippen molar-refractivity contribution in [1.29, 1.82) is 0 Å². The molecule has 0 aliphatic heterocycles. The summed E-state index contributed by atoms with van der Waals surface area (Å²) in [6, 6.07) is 11.0. The van der Waals surface area contributed by atoms with Crippen LogP contribution < -0.4 is 4.74 Å². The molecule has 5 heteroatoms. The summed E-state index contributed by atoms with van der Waals surface area (Å²) < 4.78 is 34.0. The fourth-order valence-corrected chi connectivity index (χ4v) is 3.35. The average Bonchev–Trinajstić information content (AvgIpc) is 3.11. The third-order valence-electron chi connectivity index (χ3n) is 4.87. The van der Waals surface area contributed by atoms with Crippen LogP contribution in [0.15, 0.2) is 42.0 Å². The van der Waals surface area contributed by atoms with E-state index in [1.54, 1.807) is 0 Å². The van der Waals surface area contributed by atoms with Gasteiger partial charge in [0.2, 0.25) is 5.82 Å². The first-order valence-electron chi connectivity index (χ1n) is 9.05. The maximum atomic E-state index is 14.3. The summed E-state index contributed by atoms with van der Waals surface area (Å²) in [6.45, 7) is 2.25. The fourth-order valence-electron chi connectivity index (χ4n) is 3.35. The molecule has 0 heterocycles. The topological polar surface area (TPSA) is 46.5 Å². The van der Waals surface area contributed by atoms with E-state index in [0.29, 0.717) is 0 Å². The van der Waals surface area contributed by atoms with Crippen LogP contribution in [0.2, 0.25) is 0 Å². The molecule has 0 fully saturated rings. The smallest absolute Gasteiger partial charge is 0.303 e. The van der Waals surface area contributed by atoms with Crippen LogP contribution in [-0.2, 0) is 11.2 Å². The van der Waals surface area contributed by atoms with Gasteiger partial charge >= 0.3 is 5.97 Å². The molecular weight excluding hydrogens is 350 g/mol. The molecule has 0 amide bonds. The Hall–Kier alpha value is -2.69. The lowest BCUT2D eigenvalue weighted by Gasteiger charge is -2.12. The third kappa shape index (κ3) is 4.54. The predicted octanol–water partition coefficient (Wildman–Crippen LogP) is 5.31. The standard InChI is InChI=1S/C22H22F2O3/c1-14-5-7-15(8-6-14)18-4-2-3-17(18)13-27-19-11-9-16(10-12-20(25)26)21(23)22(19)24/h5-9,11H,2-4,10,12-13H2,1H3,(H,25,26). The molecule has 2 aromatic rings. The molecule has 3 nitrogen and oxygen atoms in total. The van der Waals surface area contributed by atoms with E-state index in [-0.39, 0.29) is 30.8 Å². The highest BCUT2D eigenvalue weighted by Gasteiger charge is 2.19. The van der Waals surface area contributed by atoms with Crippen molar-refractivity contribution in [2.75, 3.05) is 6.61 Å².